The van der Waals surface area contributed by atoms with Crippen LogP contribution in [0.4, 0.5) is 0 Å². The van der Waals surface area contributed by atoms with Gasteiger partial charge in [0, 0.05) is 6.20 Å². The van der Waals surface area contributed by atoms with E-state index in [1.807, 2.05) is 41.3 Å². The molecule has 2 rings (SSSR count). The van der Waals surface area contributed by atoms with Gasteiger partial charge in [-0.15, -0.1) is 0 Å². The molecule has 4 heteroatoms. The summed E-state index contributed by atoms with van der Waals surface area (Å²) in [4.78, 5) is 0. The molecule has 0 atom stereocenters. The number of aromatic nitrogens is 2. The van der Waals surface area contributed by atoms with E-state index in [1.165, 1.54) is 0 Å². The topological polar surface area (TPSA) is 53.1 Å². The molecule has 2 N–H and O–H groups in total. The Balaban J connectivity index is 2.21. The summed E-state index contributed by atoms with van der Waals surface area (Å²) < 4.78 is 6.94. The van der Waals surface area contributed by atoms with Gasteiger partial charge in [0.25, 0.3) is 0 Å². The minimum absolute atomic E-state index is 0.647. The van der Waals surface area contributed by atoms with Crippen LogP contribution in [0.5, 0.6) is 5.75 Å². The van der Waals surface area contributed by atoms with Crippen LogP contribution in [0.3, 0.4) is 0 Å². The maximum atomic E-state index is 5.49. The Hall–Kier alpha value is -1.81. The summed E-state index contributed by atoms with van der Waals surface area (Å²) in [5.41, 5.74) is 7.66. The summed E-state index contributed by atoms with van der Waals surface area (Å²) in [6.45, 7) is 0.647. The smallest absolute Gasteiger partial charge is 0.119 e. The van der Waals surface area contributed by atoms with Crippen molar-refractivity contribution in [1.82, 2.24) is 9.78 Å². The molecule has 0 aliphatic carbocycles. The van der Waals surface area contributed by atoms with E-state index in [2.05, 4.69) is 5.10 Å². The fraction of sp³-hybridized carbons (Fsp3) is 0.250. The van der Waals surface area contributed by atoms with E-state index >= 15 is 0 Å². The molecular weight excluding hydrogens is 202 g/mol. The Morgan fingerprint density at radius 3 is 2.69 bits per heavy atom. The average molecular weight is 217 g/mol. The van der Waals surface area contributed by atoms with Crippen LogP contribution in [0.15, 0.2) is 36.7 Å². The largest absolute Gasteiger partial charge is 0.497 e. The zero-order chi connectivity index (χ0) is 11.4. The predicted octanol–water partition coefficient (Wildman–Crippen LogP) is 1.38. The van der Waals surface area contributed by atoms with Crippen molar-refractivity contribution in [1.29, 1.82) is 0 Å². The standard InChI is InChI=1S/C12H15N3O/c1-16-12-4-2-11(3-5-12)15-9-10(6-7-13)8-14-15/h2-5,8-9H,6-7,13H2,1H3. The number of nitrogens with two attached hydrogens (primary N) is 1. The molecule has 1 aromatic carbocycles. The van der Waals surface area contributed by atoms with E-state index in [9.17, 15) is 0 Å². The first kappa shape index (κ1) is 10.7. The summed E-state index contributed by atoms with van der Waals surface area (Å²) in [5.74, 6) is 0.845. The van der Waals surface area contributed by atoms with Gasteiger partial charge in [-0.05, 0) is 42.8 Å². The van der Waals surface area contributed by atoms with Crippen LogP contribution in [0, 0.1) is 0 Å². The highest BCUT2D eigenvalue weighted by Crippen LogP contribution is 2.14. The van der Waals surface area contributed by atoms with Gasteiger partial charge in [0.2, 0.25) is 0 Å². The molecule has 16 heavy (non-hydrogen) atoms. The van der Waals surface area contributed by atoms with Gasteiger partial charge < -0.3 is 10.5 Å². The van der Waals surface area contributed by atoms with Crippen LogP contribution < -0.4 is 10.5 Å². The molecule has 1 aromatic heterocycles. The summed E-state index contributed by atoms with van der Waals surface area (Å²) in [7, 11) is 1.66. The average Bonchev–Trinajstić information content (AvgIpc) is 2.78. The normalized spacial score (nSPS) is 10.4. The molecule has 4 nitrogen and oxygen atoms in total. The van der Waals surface area contributed by atoms with E-state index in [4.69, 9.17) is 10.5 Å². The van der Waals surface area contributed by atoms with Crippen molar-refractivity contribution in [3.05, 3.63) is 42.2 Å². The van der Waals surface area contributed by atoms with Crippen LogP contribution in [0.25, 0.3) is 5.69 Å². The Morgan fingerprint density at radius 2 is 2.06 bits per heavy atom. The zero-order valence-corrected chi connectivity index (χ0v) is 9.26. The summed E-state index contributed by atoms with van der Waals surface area (Å²) in [5, 5.41) is 4.28. The highest BCUT2D eigenvalue weighted by molar-refractivity contribution is 5.37. The lowest BCUT2D eigenvalue weighted by atomic mass is 10.2. The zero-order valence-electron chi connectivity index (χ0n) is 9.26. The fourth-order valence-electron chi connectivity index (χ4n) is 1.53. The molecule has 1 heterocycles. The lowest BCUT2D eigenvalue weighted by molar-refractivity contribution is 0.414. The second-order valence-electron chi connectivity index (χ2n) is 3.53. The van der Waals surface area contributed by atoms with Gasteiger partial charge in [0.05, 0.1) is 19.0 Å². The molecule has 0 unspecified atom stereocenters. The van der Waals surface area contributed by atoms with Crippen molar-refractivity contribution in [3.63, 3.8) is 0 Å². The van der Waals surface area contributed by atoms with Crippen molar-refractivity contribution >= 4 is 0 Å². The van der Waals surface area contributed by atoms with Crippen molar-refractivity contribution < 1.29 is 4.74 Å². The highest BCUT2D eigenvalue weighted by Gasteiger charge is 2.00. The molecule has 0 spiro atoms. The van der Waals surface area contributed by atoms with E-state index in [1.54, 1.807) is 7.11 Å². The first-order valence-electron chi connectivity index (χ1n) is 5.21. The number of rotatable bonds is 4. The van der Waals surface area contributed by atoms with Gasteiger partial charge in [-0.25, -0.2) is 4.68 Å². The molecule has 0 radical (unpaired) electrons. The molecule has 0 fully saturated rings. The van der Waals surface area contributed by atoms with Gasteiger partial charge in [-0.1, -0.05) is 0 Å². The van der Waals surface area contributed by atoms with Crippen molar-refractivity contribution in [2.75, 3.05) is 13.7 Å². The minimum atomic E-state index is 0.647. The quantitative estimate of drug-likeness (QED) is 0.841. The highest BCUT2D eigenvalue weighted by atomic mass is 16.5. The molecule has 84 valence electrons. The van der Waals surface area contributed by atoms with Crippen LogP contribution in [0.2, 0.25) is 0 Å². The molecular formula is C12H15N3O. The Morgan fingerprint density at radius 1 is 1.31 bits per heavy atom. The molecule has 0 saturated carbocycles. The Labute approximate surface area is 94.6 Å². The first-order chi connectivity index (χ1) is 7.83. The third kappa shape index (κ3) is 2.23. The van der Waals surface area contributed by atoms with Crippen molar-refractivity contribution in [2.24, 2.45) is 5.73 Å². The number of benzene rings is 1. The summed E-state index contributed by atoms with van der Waals surface area (Å²) >= 11 is 0. The van der Waals surface area contributed by atoms with E-state index in [0.29, 0.717) is 6.54 Å². The molecule has 0 bridgehead atoms. The number of methoxy groups -OCH3 is 1. The van der Waals surface area contributed by atoms with Crippen molar-refractivity contribution in [2.45, 2.75) is 6.42 Å². The Kier molecular flexibility index (Phi) is 3.22. The maximum absolute atomic E-state index is 5.49. The van der Waals surface area contributed by atoms with Crippen LogP contribution in [-0.2, 0) is 6.42 Å². The SMILES string of the molecule is COc1ccc(-n2cc(CCN)cn2)cc1. The van der Waals surface area contributed by atoms with Gasteiger partial charge >= 0.3 is 0 Å². The number of hydrogen-bond acceptors (Lipinski definition) is 3. The van der Waals surface area contributed by atoms with Gasteiger partial charge in [-0.3, -0.25) is 0 Å². The van der Waals surface area contributed by atoms with Crippen LogP contribution >= 0.6 is 0 Å². The second-order valence-corrected chi connectivity index (χ2v) is 3.53. The third-order valence-electron chi connectivity index (χ3n) is 2.41. The minimum Gasteiger partial charge on any atom is -0.497 e. The monoisotopic (exact) mass is 217 g/mol. The number of hydrogen-bond donors (Lipinski definition) is 1. The predicted molar refractivity (Wildman–Crippen MR) is 62.9 cm³/mol. The molecule has 2 aromatic rings. The van der Waals surface area contributed by atoms with E-state index < -0.39 is 0 Å². The lowest BCUT2D eigenvalue weighted by Crippen LogP contribution is -2.01. The van der Waals surface area contributed by atoms with Crippen LogP contribution in [0.1, 0.15) is 5.56 Å². The van der Waals surface area contributed by atoms with E-state index in [-0.39, 0.29) is 0 Å². The molecule has 0 aliphatic rings. The van der Waals surface area contributed by atoms with Crippen molar-refractivity contribution in [3.8, 4) is 11.4 Å². The first-order valence-corrected chi connectivity index (χ1v) is 5.21. The molecule has 0 saturated heterocycles. The summed E-state index contributed by atoms with van der Waals surface area (Å²) in [6.07, 6.45) is 4.70. The maximum Gasteiger partial charge on any atom is 0.119 e. The molecule has 0 amide bonds. The number of nitrogens with zero attached hydrogens (tertiary/aromatic N) is 2. The second kappa shape index (κ2) is 4.81. The number of ether oxygens (including phenoxy) is 1. The van der Waals surface area contributed by atoms with Crippen LogP contribution in [-0.4, -0.2) is 23.4 Å². The lowest BCUT2D eigenvalue weighted by Gasteiger charge is -2.02. The molecule has 0 aliphatic heterocycles. The Bertz CT molecular complexity index is 448. The van der Waals surface area contributed by atoms with Gasteiger partial charge in [0.15, 0.2) is 0 Å². The van der Waals surface area contributed by atoms with Gasteiger partial charge in [0.1, 0.15) is 5.75 Å². The van der Waals surface area contributed by atoms with Gasteiger partial charge in [-0.2, -0.15) is 5.10 Å². The van der Waals surface area contributed by atoms with E-state index in [0.717, 1.165) is 23.4 Å². The third-order valence-corrected chi connectivity index (χ3v) is 2.41. The summed E-state index contributed by atoms with van der Waals surface area (Å²) in [6, 6.07) is 7.77. The fourth-order valence-corrected chi connectivity index (χ4v) is 1.53.